The Kier molecular flexibility index (Phi) is 4.25. The van der Waals surface area contributed by atoms with Crippen molar-refractivity contribution in [2.45, 2.75) is 38.7 Å². The molecule has 1 fully saturated rings. The van der Waals surface area contributed by atoms with E-state index in [0.717, 1.165) is 11.1 Å². The van der Waals surface area contributed by atoms with Gasteiger partial charge in [0, 0.05) is 31.5 Å². The minimum absolute atomic E-state index is 0.109. The second-order valence-corrected chi connectivity index (χ2v) is 7.62. The van der Waals surface area contributed by atoms with Crippen molar-refractivity contribution in [2.75, 3.05) is 13.1 Å². The smallest absolute Gasteiger partial charge is 0.253 e. The van der Waals surface area contributed by atoms with E-state index in [0.29, 0.717) is 49.2 Å². The number of piperidine rings is 1. The maximum atomic E-state index is 13.1. The molecule has 1 saturated heterocycles. The number of likely N-dealkylation sites (tertiary alicyclic amines) is 1. The first kappa shape index (κ1) is 17.7. The van der Waals surface area contributed by atoms with Crippen LogP contribution in [0.3, 0.4) is 0 Å². The normalized spacial score (nSPS) is 18.2. The van der Waals surface area contributed by atoms with Crippen LogP contribution in [-0.4, -0.2) is 35.3 Å². The molecule has 2 aliphatic heterocycles. The fourth-order valence-corrected chi connectivity index (χ4v) is 3.92. The molecule has 2 aromatic carbocycles. The highest BCUT2D eigenvalue weighted by atomic mass is 19.1. The third-order valence-electron chi connectivity index (χ3n) is 5.76. The third-order valence-corrected chi connectivity index (χ3v) is 5.76. The van der Waals surface area contributed by atoms with Crippen LogP contribution in [0.25, 0.3) is 0 Å². The summed E-state index contributed by atoms with van der Waals surface area (Å²) >= 11 is 0. The zero-order valence-corrected chi connectivity index (χ0v) is 15.5. The van der Waals surface area contributed by atoms with Crippen molar-refractivity contribution >= 4 is 11.7 Å². The zero-order valence-electron chi connectivity index (χ0n) is 15.5. The van der Waals surface area contributed by atoms with Crippen molar-refractivity contribution in [1.82, 2.24) is 4.90 Å². The van der Waals surface area contributed by atoms with E-state index < -0.39 is 5.60 Å². The number of Topliss-reactive ketones (excluding diaryl/α,β-unsaturated/α-hetero) is 1. The van der Waals surface area contributed by atoms with Gasteiger partial charge in [-0.3, -0.25) is 9.59 Å². The largest absolute Gasteiger partial charge is 0.486 e. The molecule has 4 rings (SSSR count). The molecule has 0 unspecified atom stereocenters. The minimum atomic E-state index is -0.536. The number of halogens is 1. The molecule has 0 aliphatic carbocycles. The number of nitrogens with zero attached hydrogens (tertiary/aromatic N) is 1. The molecule has 0 saturated carbocycles. The minimum Gasteiger partial charge on any atom is -0.486 e. The summed E-state index contributed by atoms with van der Waals surface area (Å²) in [5, 5.41) is 0. The molecule has 0 aromatic heterocycles. The standard InChI is InChI=1S/C22H22FNO3/c1-14-11-18-19(25)13-22(27-20(18)12-15(14)2)7-9-24(10-8-22)21(26)16-3-5-17(23)6-4-16/h3-6,11-12H,7-10,13H2,1-2H3. The van der Waals surface area contributed by atoms with Crippen LogP contribution in [0.2, 0.25) is 0 Å². The fourth-order valence-electron chi connectivity index (χ4n) is 3.92. The SMILES string of the molecule is Cc1cc2c(cc1C)C(=O)CC1(CCN(C(=O)c3ccc(F)cc3)CC1)O2. The lowest BCUT2D eigenvalue weighted by Gasteiger charge is -2.44. The van der Waals surface area contributed by atoms with Crippen LogP contribution < -0.4 is 4.74 Å². The van der Waals surface area contributed by atoms with Crippen LogP contribution in [0.15, 0.2) is 36.4 Å². The molecular weight excluding hydrogens is 345 g/mol. The van der Waals surface area contributed by atoms with Gasteiger partial charge < -0.3 is 9.64 Å². The van der Waals surface area contributed by atoms with Crippen LogP contribution in [-0.2, 0) is 0 Å². The van der Waals surface area contributed by atoms with Crippen molar-refractivity contribution in [3.05, 3.63) is 64.5 Å². The van der Waals surface area contributed by atoms with Gasteiger partial charge in [-0.05, 0) is 61.4 Å². The number of ketones is 1. The Balaban J connectivity index is 1.50. The molecule has 2 aliphatic rings. The van der Waals surface area contributed by atoms with E-state index in [1.807, 2.05) is 26.0 Å². The third kappa shape index (κ3) is 3.22. The molecule has 0 atom stereocenters. The number of rotatable bonds is 1. The summed E-state index contributed by atoms with van der Waals surface area (Å²) in [5.74, 6) is 0.298. The van der Waals surface area contributed by atoms with E-state index in [9.17, 15) is 14.0 Å². The first-order chi connectivity index (χ1) is 12.9. The summed E-state index contributed by atoms with van der Waals surface area (Å²) < 4.78 is 19.4. The molecule has 0 radical (unpaired) electrons. The van der Waals surface area contributed by atoms with Crippen LogP contribution >= 0.6 is 0 Å². The summed E-state index contributed by atoms with van der Waals surface area (Å²) in [4.78, 5) is 27.1. The lowest BCUT2D eigenvalue weighted by molar-refractivity contribution is -0.00575. The van der Waals surface area contributed by atoms with Gasteiger partial charge in [0.2, 0.25) is 0 Å². The average Bonchev–Trinajstić information content (AvgIpc) is 2.64. The summed E-state index contributed by atoms with van der Waals surface area (Å²) in [6, 6.07) is 9.45. The number of benzene rings is 2. The highest BCUT2D eigenvalue weighted by Crippen LogP contribution is 2.40. The molecule has 5 heteroatoms. The lowest BCUT2D eigenvalue weighted by atomic mass is 9.81. The summed E-state index contributed by atoms with van der Waals surface area (Å²) in [6.45, 7) is 5.04. The van der Waals surface area contributed by atoms with E-state index in [2.05, 4.69) is 0 Å². The molecule has 2 heterocycles. The number of carbonyl (C=O) groups excluding carboxylic acids is 2. The van der Waals surface area contributed by atoms with E-state index >= 15 is 0 Å². The van der Waals surface area contributed by atoms with Crippen molar-refractivity contribution < 1.29 is 18.7 Å². The number of hydrogen-bond acceptors (Lipinski definition) is 3. The van der Waals surface area contributed by atoms with Crippen LogP contribution in [0.5, 0.6) is 5.75 Å². The van der Waals surface area contributed by atoms with Gasteiger partial charge in [-0.1, -0.05) is 0 Å². The number of fused-ring (bicyclic) bond motifs is 1. The number of aryl methyl sites for hydroxylation is 2. The first-order valence-electron chi connectivity index (χ1n) is 9.25. The summed E-state index contributed by atoms with van der Waals surface area (Å²) in [7, 11) is 0. The van der Waals surface area contributed by atoms with Crippen molar-refractivity contribution in [3.63, 3.8) is 0 Å². The molecule has 4 nitrogen and oxygen atoms in total. The molecule has 1 spiro atoms. The van der Waals surface area contributed by atoms with Gasteiger partial charge in [0.15, 0.2) is 5.78 Å². The molecule has 27 heavy (non-hydrogen) atoms. The van der Waals surface area contributed by atoms with Crippen molar-refractivity contribution in [3.8, 4) is 5.75 Å². The zero-order chi connectivity index (χ0) is 19.2. The van der Waals surface area contributed by atoms with Crippen molar-refractivity contribution in [2.24, 2.45) is 0 Å². The Hall–Kier alpha value is -2.69. The van der Waals surface area contributed by atoms with Gasteiger partial charge in [0.05, 0.1) is 12.0 Å². The highest BCUT2D eigenvalue weighted by Gasteiger charge is 2.43. The van der Waals surface area contributed by atoms with E-state index in [-0.39, 0.29) is 17.5 Å². The van der Waals surface area contributed by atoms with Gasteiger partial charge in [0.1, 0.15) is 17.2 Å². The summed E-state index contributed by atoms with van der Waals surface area (Å²) in [5.41, 5.74) is 2.78. The second kappa shape index (κ2) is 6.48. The first-order valence-corrected chi connectivity index (χ1v) is 9.25. The Morgan fingerprint density at radius 3 is 2.37 bits per heavy atom. The maximum absolute atomic E-state index is 13.1. The molecule has 1 amide bonds. The monoisotopic (exact) mass is 367 g/mol. The number of hydrogen-bond donors (Lipinski definition) is 0. The molecule has 0 N–H and O–H groups in total. The van der Waals surface area contributed by atoms with Gasteiger partial charge in [0.25, 0.3) is 5.91 Å². The maximum Gasteiger partial charge on any atom is 0.253 e. The Bertz CT molecular complexity index is 912. The van der Waals surface area contributed by atoms with Gasteiger partial charge in [-0.2, -0.15) is 0 Å². The van der Waals surface area contributed by atoms with Gasteiger partial charge >= 0.3 is 0 Å². The average molecular weight is 367 g/mol. The highest BCUT2D eigenvalue weighted by molar-refractivity contribution is 6.00. The Morgan fingerprint density at radius 2 is 1.70 bits per heavy atom. The van der Waals surface area contributed by atoms with E-state index in [1.165, 1.54) is 24.3 Å². The van der Waals surface area contributed by atoms with Crippen LogP contribution in [0.4, 0.5) is 4.39 Å². The second-order valence-electron chi connectivity index (χ2n) is 7.62. The molecule has 140 valence electrons. The number of carbonyl (C=O) groups is 2. The number of amides is 1. The predicted molar refractivity (Wildman–Crippen MR) is 99.8 cm³/mol. The van der Waals surface area contributed by atoms with Crippen molar-refractivity contribution in [1.29, 1.82) is 0 Å². The molecule has 0 bridgehead atoms. The Morgan fingerprint density at radius 1 is 1.07 bits per heavy atom. The van der Waals surface area contributed by atoms with Gasteiger partial charge in [-0.25, -0.2) is 4.39 Å². The van der Waals surface area contributed by atoms with Crippen LogP contribution in [0, 0.1) is 19.7 Å². The predicted octanol–water partition coefficient (Wildman–Crippen LogP) is 4.08. The quantitative estimate of drug-likeness (QED) is 0.763. The summed E-state index contributed by atoms with van der Waals surface area (Å²) in [6.07, 6.45) is 1.57. The fraction of sp³-hybridized carbons (Fsp3) is 0.364. The van der Waals surface area contributed by atoms with Crippen LogP contribution in [0.1, 0.15) is 51.1 Å². The number of ether oxygens (including phenoxy) is 1. The lowest BCUT2D eigenvalue weighted by Crippen LogP contribution is -2.52. The van der Waals surface area contributed by atoms with E-state index in [4.69, 9.17) is 4.74 Å². The Labute approximate surface area is 157 Å². The van der Waals surface area contributed by atoms with E-state index in [1.54, 1.807) is 4.90 Å². The topological polar surface area (TPSA) is 46.6 Å². The molecule has 2 aromatic rings. The molecular formula is C22H22FNO3. The van der Waals surface area contributed by atoms with Gasteiger partial charge in [-0.15, -0.1) is 0 Å².